The molecule has 3 heteroatoms. The van der Waals surface area contributed by atoms with Crippen molar-refractivity contribution in [3.8, 4) is 0 Å². The van der Waals surface area contributed by atoms with Crippen molar-refractivity contribution in [3.63, 3.8) is 0 Å². The highest BCUT2D eigenvalue weighted by Crippen LogP contribution is 1.93. The largest absolute Gasteiger partial charge is 0.351 e. The lowest BCUT2D eigenvalue weighted by Gasteiger charge is -2.03. The SMILES string of the molecule is N[C@@H]1CC=CCNC1=O. The molecular formula is C6H10N2O. The maximum atomic E-state index is 10.7. The van der Waals surface area contributed by atoms with Crippen molar-refractivity contribution in [2.45, 2.75) is 12.5 Å². The van der Waals surface area contributed by atoms with Crippen LogP contribution in [0.1, 0.15) is 6.42 Å². The molecule has 0 bridgehead atoms. The Morgan fingerprint density at radius 1 is 1.67 bits per heavy atom. The van der Waals surface area contributed by atoms with Gasteiger partial charge in [-0.25, -0.2) is 0 Å². The molecule has 1 amide bonds. The molecule has 0 saturated carbocycles. The molecule has 0 saturated heterocycles. The van der Waals surface area contributed by atoms with Crippen molar-refractivity contribution in [1.29, 1.82) is 0 Å². The van der Waals surface area contributed by atoms with Crippen LogP contribution in [0.3, 0.4) is 0 Å². The summed E-state index contributed by atoms with van der Waals surface area (Å²) in [5.41, 5.74) is 5.41. The van der Waals surface area contributed by atoms with E-state index < -0.39 is 0 Å². The summed E-state index contributed by atoms with van der Waals surface area (Å²) in [5, 5.41) is 2.64. The molecule has 0 spiro atoms. The summed E-state index contributed by atoms with van der Waals surface area (Å²) in [6.45, 7) is 0.618. The summed E-state index contributed by atoms with van der Waals surface area (Å²) in [4.78, 5) is 10.7. The van der Waals surface area contributed by atoms with Crippen LogP contribution >= 0.6 is 0 Å². The molecule has 0 unspecified atom stereocenters. The lowest BCUT2D eigenvalue weighted by atomic mass is 10.2. The number of nitrogens with one attached hydrogen (secondary N) is 1. The Hall–Kier alpha value is -0.830. The number of rotatable bonds is 0. The highest BCUT2D eigenvalue weighted by Gasteiger charge is 2.11. The van der Waals surface area contributed by atoms with Crippen molar-refractivity contribution in [2.75, 3.05) is 6.54 Å². The fraction of sp³-hybridized carbons (Fsp3) is 0.500. The van der Waals surface area contributed by atoms with Crippen LogP contribution < -0.4 is 11.1 Å². The molecule has 1 atom stereocenters. The second kappa shape index (κ2) is 2.64. The number of hydrogen-bond acceptors (Lipinski definition) is 2. The molecule has 0 radical (unpaired) electrons. The van der Waals surface area contributed by atoms with E-state index >= 15 is 0 Å². The molecule has 3 nitrogen and oxygen atoms in total. The van der Waals surface area contributed by atoms with E-state index in [1.807, 2.05) is 12.2 Å². The summed E-state index contributed by atoms with van der Waals surface area (Å²) in [7, 11) is 0. The molecule has 9 heavy (non-hydrogen) atoms. The Bertz CT molecular complexity index is 142. The van der Waals surface area contributed by atoms with Crippen molar-refractivity contribution >= 4 is 5.91 Å². The Balaban J connectivity index is 2.52. The van der Waals surface area contributed by atoms with Gasteiger partial charge in [0, 0.05) is 6.54 Å². The normalized spacial score (nSPS) is 27.2. The molecule has 0 aromatic heterocycles. The van der Waals surface area contributed by atoms with Gasteiger partial charge in [-0.1, -0.05) is 12.2 Å². The van der Waals surface area contributed by atoms with Gasteiger partial charge in [-0.2, -0.15) is 0 Å². The Labute approximate surface area is 53.9 Å². The van der Waals surface area contributed by atoms with E-state index in [2.05, 4.69) is 5.32 Å². The Kier molecular flexibility index (Phi) is 1.85. The van der Waals surface area contributed by atoms with Gasteiger partial charge in [-0.05, 0) is 6.42 Å². The molecule has 50 valence electrons. The van der Waals surface area contributed by atoms with E-state index in [1.165, 1.54) is 0 Å². The molecule has 0 fully saturated rings. The quantitative estimate of drug-likeness (QED) is 0.425. The topological polar surface area (TPSA) is 55.1 Å². The Morgan fingerprint density at radius 3 is 3.22 bits per heavy atom. The molecule has 3 N–H and O–H groups in total. The van der Waals surface area contributed by atoms with E-state index in [1.54, 1.807) is 0 Å². The standard InChI is InChI=1S/C6H10N2O/c7-5-3-1-2-4-8-6(5)9/h1-2,5H,3-4,7H2,(H,8,9)/t5-/m1/s1. The zero-order chi connectivity index (χ0) is 6.69. The van der Waals surface area contributed by atoms with Gasteiger partial charge >= 0.3 is 0 Å². The first-order valence-electron chi connectivity index (χ1n) is 2.99. The summed E-state index contributed by atoms with van der Waals surface area (Å²) >= 11 is 0. The van der Waals surface area contributed by atoms with Crippen LogP contribution in [0.2, 0.25) is 0 Å². The minimum atomic E-state index is -0.344. The molecule has 1 aliphatic heterocycles. The smallest absolute Gasteiger partial charge is 0.237 e. The number of carbonyl (C=O) groups excluding carboxylic acids is 1. The highest BCUT2D eigenvalue weighted by molar-refractivity contribution is 5.82. The maximum absolute atomic E-state index is 10.7. The van der Waals surface area contributed by atoms with Gasteiger partial charge in [0.2, 0.25) is 5.91 Å². The minimum Gasteiger partial charge on any atom is -0.351 e. The number of carbonyl (C=O) groups is 1. The van der Waals surface area contributed by atoms with Crippen molar-refractivity contribution < 1.29 is 4.79 Å². The van der Waals surface area contributed by atoms with Crippen LogP contribution in [0.25, 0.3) is 0 Å². The second-order valence-electron chi connectivity index (χ2n) is 2.06. The minimum absolute atomic E-state index is 0.0556. The fourth-order valence-corrected chi connectivity index (χ4v) is 0.724. The van der Waals surface area contributed by atoms with Crippen molar-refractivity contribution in [3.05, 3.63) is 12.2 Å². The van der Waals surface area contributed by atoms with Gasteiger partial charge in [-0.15, -0.1) is 0 Å². The van der Waals surface area contributed by atoms with Crippen molar-refractivity contribution in [2.24, 2.45) is 5.73 Å². The highest BCUT2D eigenvalue weighted by atomic mass is 16.2. The lowest BCUT2D eigenvalue weighted by molar-refractivity contribution is -0.121. The first-order chi connectivity index (χ1) is 4.30. The summed E-state index contributed by atoms with van der Waals surface area (Å²) in [6.07, 6.45) is 4.49. The molecule has 0 aromatic carbocycles. The maximum Gasteiger partial charge on any atom is 0.237 e. The van der Waals surface area contributed by atoms with Gasteiger partial charge in [0.15, 0.2) is 0 Å². The zero-order valence-corrected chi connectivity index (χ0v) is 5.13. The molecule has 1 aliphatic rings. The van der Waals surface area contributed by atoms with Gasteiger partial charge in [-0.3, -0.25) is 4.79 Å². The van der Waals surface area contributed by atoms with E-state index in [9.17, 15) is 4.79 Å². The van der Waals surface area contributed by atoms with Gasteiger partial charge < -0.3 is 11.1 Å². The summed E-state index contributed by atoms with van der Waals surface area (Å²) in [6, 6.07) is -0.344. The average molecular weight is 126 g/mol. The zero-order valence-electron chi connectivity index (χ0n) is 5.13. The van der Waals surface area contributed by atoms with Crippen LogP contribution in [-0.2, 0) is 4.79 Å². The van der Waals surface area contributed by atoms with Gasteiger partial charge in [0.1, 0.15) is 0 Å². The number of amides is 1. The van der Waals surface area contributed by atoms with E-state index in [0.29, 0.717) is 13.0 Å². The van der Waals surface area contributed by atoms with Crippen LogP contribution in [-0.4, -0.2) is 18.5 Å². The predicted octanol–water partition coefficient (Wildman–Crippen LogP) is -0.610. The van der Waals surface area contributed by atoms with Crippen LogP contribution in [0.15, 0.2) is 12.2 Å². The monoisotopic (exact) mass is 126 g/mol. The predicted molar refractivity (Wildman–Crippen MR) is 34.7 cm³/mol. The first-order valence-corrected chi connectivity index (χ1v) is 2.99. The third-order valence-electron chi connectivity index (χ3n) is 1.29. The van der Waals surface area contributed by atoms with Crippen molar-refractivity contribution in [1.82, 2.24) is 5.32 Å². The molecule has 0 aromatic rings. The first kappa shape index (κ1) is 6.29. The average Bonchev–Trinajstić information content (AvgIpc) is 1.99. The molecule has 0 aliphatic carbocycles. The lowest BCUT2D eigenvalue weighted by Crippen LogP contribution is -2.38. The number of nitrogens with two attached hydrogens (primary N) is 1. The fourth-order valence-electron chi connectivity index (χ4n) is 0.724. The molecule has 1 heterocycles. The number of hydrogen-bond donors (Lipinski definition) is 2. The second-order valence-corrected chi connectivity index (χ2v) is 2.06. The van der Waals surface area contributed by atoms with Crippen LogP contribution in [0.5, 0.6) is 0 Å². The summed E-state index contributed by atoms with van der Waals surface area (Å²) in [5.74, 6) is -0.0556. The molecular weight excluding hydrogens is 116 g/mol. The van der Waals surface area contributed by atoms with E-state index in [-0.39, 0.29) is 11.9 Å². The van der Waals surface area contributed by atoms with Gasteiger partial charge in [0.25, 0.3) is 0 Å². The van der Waals surface area contributed by atoms with Gasteiger partial charge in [0.05, 0.1) is 6.04 Å². The van der Waals surface area contributed by atoms with E-state index in [0.717, 1.165) is 0 Å². The third kappa shape index (κ3) is 1.54. The van der Waals surface area contributed by atoms with E-state index in [4.69, 9.17) is 5.73 Å². The van der Waals surface area contributed by atoms with Crippen LogP contribution in [0.4, 0.5) is 0 Å². The molecule has 1 rings (SSSR count). The Morgan fingerprint density at radius 2 is 2.44 bits per heavy atom. The summed E-state index contributed by atoms with van der Waals surface area (Å²) < 4.78 is 0. The van der Waals surface area contributed by atoms with Crippen LogP contribution in [0, 0.1) is 0 Å². The third-order valence-corrected chi connectivity index (χ3v) is 1.29.